The molecule has 0 saturated heterocycles. The van der Waals surface area contributed by atoms with E-state index in [0.29, 0.717) is 18.8 Å². The van der Waals surface area contributed by atoms with Gasteiger partial charge in [-0.25, -0.2) is 0 Å². The van der Waals surface area contributed by atoms with E-state index < -0.39 is 0 Å². The molecule has 0 bridgehead atoms. The number of nitrogens with two attached hydrogens (primary N) is 1. The fourth-order valence-electron chi connectivity index (χ4n) is 1.56. The lowest BCUT2D eigenvalue weighted by atomic mass is 10.2. The highest BCUT2D eigenvalue weighted by Gasteiger charge is 2.00. The summed E-state index contributed by atoms with van der Waals surface area (Å²) in [6.45, 7) is 1.07. The van der Waals surface area contributed by atoms with Crippen LogP contribution in [0.25, 0.3) is 0 Å². The van der Waals surface area contributed by atoms with E-state index in [1.54, 1.807) is 18.3 Å². The molecule has 2 aromatic rings. The molecule has 0 fully saturated rings. The predicted molar refractivity (Wildman–Crippen MR) is 67.6 cm³/mol. The van der Waals surface area contributed by atoms with Crippen molar-refractivity contribution in [3.8, 4) is 5.75 Å². The zero-order chi connectivity index (χ0) is 12.1. The van der Waals surface area contributed by atoms with Crippen LogP contribution in [0, 0.1) is 0 Å². The van der Waals surface area contributed by atoms with Gasteiger partial charge in [0.15, 0.2) is 0 Å². The Morgan fingerprint density at radius 2 is 2.06 bits per heavy atom. The number of anilines is 1. The van der Waals surface area contributed by atoms with Gasteiger partial charge in [0.25, 0.3) is 0 Å². The maximum Gasteiger partial charge on any atom is 0.138 e. The van der Waals surface area contributed by atoms with E-state index in [9.17, 15) is 5.11 Å². The number of phenolic OH excluding ortho intramolecular Hbond substituents is 1. The Hall–Kier alpha value is -2.07. The average Bonchev–Trinajstić information content (AvgIpc) is 2.38. The summed E-state index contributed by atoms with van der Waals surface area (Å²) in [6.07, 6.45) is 1.74. The first kappa shape index (κ1) is 11.4. The third-order valence-electron chi connectivity index (χ3n) is 2.48. The van der Waals surface area contributed by atoms with E-state index in [-0.39, 0.29) is 5.75 Å². The standard InChI is InChI=1S/C13H15N3O/c14-8-10-5-6-15-11(7-10)9-16-12-3-1-2-4-13(12)17/h1-7,16-17H,8-9,14H2. The molecule has 1 aromatic heterocycles. The molecule has 88 valence electrons. The van der Waals surface area contributed by atoms with E-state index in [0.717, 1.165) is 11.3 Å². The predicted octanol–water partition coefficient (Wildman–Crippen LogP) is 1.86. The van der Waals surface area contributed by atoms with E-state index in [4.69, 9.17) is 5.73 Å². The summed E-state index contributed by atoms with van der Waals surface area (Å²) >= 11 is 0. The molecule has 0 unspecified atom stereocenters. The molecule has 0 atom stereocenters. The van der Waals surface area contributed by atoms with Crippen LogP contribution in [0.4, 0.5) is 5.69 Å². The summed E-state index contributed by atoms with van der Waals surface area (Å²) in [4.78, 5) is 4.23. The van der Waals surface area contributed by atoms with Crippen LogP contribution in [-0.2, 0) is 13.1 Å². The summed E-state index contributed by atoms with van der Waals surface area (Å²) in [7, 11) is 0. The second kappa shape index (κ2) is 5.32. The van der Waals surface area contributed by atoms with Crippen LogP contribution in [0.5, 0.6) is 5.75 Å². The van der Waals surface area contributed by atoms with Gasteiger partial charge in [-0.15, -0.1) is 0 Å². The molecule has 0 spiro atoms. The maximum absolute atomic E-state index is 9.59. The number of hydrogen-bond acceptors (Lipinski definition) is 4. The van der Waals surface area contributed by atoms with Crippen LogP contribution in [0.15, 0.2) is 42.6 Å². The highest BCUT2D eigenvalue weighted by Crippen LogP contribution is 2.21. The first-order valence-corrected chi connectivity index (χ1v) is 5.45. The summed E-state index contributed by atoms with van der Waals surface area (Å²) in [6, 6.07) is 11.0. The van der Waals surface area contributed by atoms with Crippen LogP contribution in [0.2, 0.25) is 0 Å². The van der Waals surface area contributed by atoms with Gasteiger partial charge in [-0.1, -0.05) is 12.1 Å². The topological polar surface area (TPSA) is 71.2 Å². The normalized spacial score (nSPS) is 10.2. The number of para-hydroxylation sites is 2. The number of hydrogen-bond donors (Lipinski definition) is 3. The van der Waals surface area contributed by atoms with Crippen LogP contribution in [0.3, 0.4) is 0 Å². The van der Waals surface area contributed by atoms with Gasteiger partial charge in [0.05, 0.1) is 17.9 Å². The molecule has 17 heavy (non-hydrogen) atoms. The monoisotopic (exact) mass is 229 g/mol. The lowest BCUT2D eigenvalue weighted by Gasteiger charge is -2.08. The summed E-state index contributed by atoms with van der Waals surface area (Å²) < 4.78 is 0. The van der Waals surface area contributed by atoms with Crippen molar-refractivity contribution >= 4 is 5.69 Å². The number of pyridine rings is 1. The lowest BCUT2D eigenvalue weighted by Crippen LogP contribution is -2.04. The number of aromatic hydroxyl groups is 1. The highest BCUT2D eigenvalue weighted by atomic mass is 16.3. The van der Waals surface area contributed by atoms with Gasteiger partial charge in [-0.05, 0) is 29.8 Å². The Labute approximate surface area is 100 Å². The van der Waals surface area contributed by atoms with Crippen LogP contribution in [0.1, 0.15) is 11.3 Å². The van der Waals surface area contributed by atoms with Crippen molar-refractivity contribution in [2.45, 2.75) is 13.1 Å². The highest BCUT2D eigenvalue weighted by molar-refractivity contribution is 5.55. The van der Waals surface area contributed by atoms with E-state index >= 15 is 0 Å². The SMILES string of the molecule is NCc1ccnc(CNc2ccccc2O)c1. The molecule has 0 aliphatic rings. The van der Waals surface area contributed by atoms with Crippen molar-refractivity contribution < 1.29 is 5.11 Å². The van der Waals surface area contributed by atoms with Gasteiger partial charge < -0.3 is 16.2 Å². The van der Waals surface area contributed by atoms with Crippen molar-refractivity contribution in [2.75, 3.05) is 5.32 Å². The summed E-state index contributed by atoms with van der Waals surface area (Å²) in [5, 5.41) is 12.7. The molecule has 1 heterocycles. The largest absolute Gasteiger partial charge is 0.506 e. The van der Waals surface area contributed by atoms with Gasteiger partial charge in [-0.3, -0.25) is 4.98 Å². The molecule has 0 aliphatic heterocycles. The smallest absolute Gasteiger partial charge is 0.138 e. The number of aromatic nitrogens is 1. The Balaban J connectivity index is 2.05. The number of phenols is 1. The van der Waals surface area contributed by atoms with Gasteiger partial charge in [-0.2, -0.15) is 0 Å². The number of nitrogens with one attached hydrogen (secondary N) is 1. The molecule has 0 amide bonds. The first-order valence-electron chi connectivity index (χ1n) is 5.45. The Morgan fingerprint density at radius 1 is 1.24 bits per heavy atom. The van der Waals surface area contributed by atoms with Crippen molar-refractivity contribution in [1.29, 1.82) is 0 Å². The van der Waals surface area contributed by atoms with Crippen molar-refractivity contribution in [3.63, 3.8) is 0 Å². The molecule has 0 saturated carbocycles. The third-order valence-corrected chi connectivity index (χ3v) is 2.48. The summed E-state index contributed by atoms with van der Waals surface area (Å²) in [5.74, 6) is 0.238. The van der Waals surface area contributed by atoms with Crippen molar-refractivity contribution in [2.24, 2.45) is 5.73 Å². The average molecular weight is 229 g/mol. The van der Waals surface area contributed by atoms with E-state index in [1.165, 1.54) is 0 Å². The minimum atomic E-state index is 0.238. The van der Waals surface area contributed by atoms with Crippen molar-refractivity contribution in [3.05, 3.63) is 53.9 Å². The van der Waals surface area contributed by atoms with Crippen molar-refractivity contribution in [1.82, 2.24) is 4.98 Å². The Morgan fingerprint density at radius 3 is 2.82 bits per heavy atom. The van der Waals surface area contributed by atoms with Crippen LogP contribution < -0.4 is 11.1 Å². The Kier molecular flexibility index (Phi) is 3.57. The molecule has 1 aromatic carbocycles. The molecular formula is C13H15N3O. The zero-order valence-corrected chi connectivity index (χ0v) is 9.43. The second-order valence-corrected chi connectivity index (χ2v) is 3.73. The van der Waals surface area contributed by atoms with E-state index in [1.807, 2.05) is 24.3 Å². The van der Waals surface area contributed by atoms with Gasteiger partial charge in [0.2, 0.25) is 0 Å². The fraction of sp³-hybridized carbons (Fsp3) is 0.154. The van der Waals surface area contributed by atoms with E-state index in [2.05, 4.69) is 10.3 Å². The molecule has 0 aliphatic carbocycles. The molecule has 4 heteroatoms. The maximum atomic E-state index is 9.59. The second-order valence-electron chi connectivity index (χ2n) is 3.73. The Bertz CT molecular complexity index is 500. The van der Waals surface area contributed by atoms with Gasteiger partial charge >= 0.3 is 0 Å². The molecule has 4 nitrogen and oxygen atoms in total. The van der Waals surface area contributed by atoms with Crippen LogP contribution >= 0.6 is 0 Å². The minimum Gasteiger partial charge on any atom is -0.506 e. The molecule has 2 rings (SSSR count). The fourth-order valence-corrected chi connectivity index (χ4v) is 1.56. The third kappa shape index (κ3) is 2.95. The van der Waals surface area contributed by atoms with Gasteiger partial charge in [0.1, 0.15) is 5.75 Å². The quantitative estimate of drug-likeness (QED) is 0.700. The number of benzene rings is 1. The first-order chi connectivity index (χ1) is 8.29. The number of rotatable bonds is 4. The molecule has 4 N–H and O–H groups in total. The number of nitrogens with zero attached hydrogens (tertiary/aromatic N) is 1. The van der Waals surface area contributed by atoms with Gasteiger partial charge in [0, 0.05) is 12.7 Å². The summed E-state index contributed by atoms with van der Waals surface area (Å²) in [5.41, 5.74) is 8.21. The molecule has 0 radical (unpaired) electrons. The van der Waals surface area contributed by atoms with Crippen LogP contribution in [-0.4, -0.2) is 10.1 Å². The minimum absolute atomic E-state index is 0.238. The zero-order valence-electron chi connectivity index (χ0n) is 9.43. The lowest BCUT2D eigenvalue weighted by molar-refractivity contribution is 0.477. The molecular weight excluding hydrogens is 214 g/mol.